The van der Waals surface area contributed by atoms with Gasteiger partial charge in [-0.1, -0.05) is 30.3 Å². The van der Waals surface area contributed by atoms with Crippen LogP contribution in [-0.2, 0) is 27.1 Å². The van der Waals surface area contributed by atoms with E-state index in [1.807, 2.05) is 66.7 Å². The average Bonchev–Trinajstić information content (AvgIpc) is 2.71. The average molecular weight is 365 g/mol. The summed E-state index contributed by atoms with van der Waals surface area (Å²) in [4.78, 5) is 0. The Kier molecular flexibility index (Phi) is 6.33. The molecule has 1 saturated heterocycles. The lowest BCUT2D eigenvalue weighted by atomic mass is 9.76. The van der Waals surface area contributed by atoms with Crippen molar-refractivity contribution in [1.82, 2.24) is 4.72 Å². The summed E-state index contributed by atoms with van der Waals surface area (Å²) in [6.07, 6.45) is 1.67. The van der Waals surface area contributed by atoms with E-state index in [1.165, 1.54) is 5.56 Å². The number of benzene rings is 1. The normalized spacial score (nSPS) is 22.0. The third kappa shape index (κ3) is 5.24. The van der Waals surface area contributed by atoms with E-state index < -0.39 is 29.7 Å². The van der Waals surface area contributed by atoms with Gasteiger partial charge in [0, 0.05) is 11.4 Å². The van der Waals surface area contributed by atoms with Gasteiger partial charge < -0.3 is 13.9 Å². The van der Waals surface area contributed by atoms with Gasteiger partial charge in [0.25, 0.3) is 0 Å². The molecule has 6 heteroatoms. The lowest BCUT2D eigenvalue weighted by Gasteiger charge is -2.32. The lowest BCUT2D eigenvalue weighted by molar-refractivity contribution is 0.00578. The highest BCUT2D eigenvalue weighted by Crippen LogP contribution is 2.38. The first-order valence-corrected chi connectivity index (χ1v) is 10.1. The Morgan fingerprint density at radius 3 is 2.08 bits per heavy atom. The molecule has 140 valence electrons. The van der Waals surface area contributed by atoms with Crippen LogP contribution in [0.15, 0.2) is 30.3 Å². The Bertz CT molecular complexity index is 544. The van der Waals surface area contributed by atoms with Crippen molar-refractivity contribution >= 4 is 18.5 Å². The molecule has 0 spiro atoms. The molecule has 0 aliphatic carbocycles. The molecule has 1 aromatic rings. The largest absolute Gasteiger partial charge is 0.598 e. The highest BCUT2D eigenvalue weighted by atomic mass is 32.2. The topological polar surface area (TPSA) is 53.5 Å². The second kappa shape index (κ2) is 7.61. The molecule has 0 aromatic heterocycles. The maximum absolute atomic E-state index is 12.7. The summed E-state index contributed by atoms with van der Waals surface area (Å²) >= 11 is -1.18. The van der Waals surface area contributed by atoms with Crippen LogP contribution in [-0.4, -0.2) is 33.6 Å². The van der Waals surface area contributed by atoms with Crippen LogP contribution < -0.4 is 4.72 Å². The molecule has 1 aliphatic heterocycles. The number of hydrogen-bond donors (Lipinski definition) is 1. The fourth-order valence-electron chi connectivity index (χ4n) is 2.58. The minimum atomic E-state index is -1.18. The molecule has 1 unspecified atom stereocenters. The summed E-state index contributed by atoms with van der Waals surface area (Å²) in [5.74, 6) is -0.138. The molecule has 0 saturated carbocycles. The van der Waals surface area contributed by atoms with Gasteiger partial charge in [0.15, 0.2) is 0 Å². The Hall–Kier alpha value is -0.525. The first-order chi connectivity index (χ1) is 11.4. The predicted octanol–water partition coefficient (Wildman–Crippen LogP) is 3.67. The van der Waals surface area contributed by atoms with Gasteiger partial charge >= 0.3 is 7.12 Å². The first kappa shape index (κ1) is 20.8. The SMILES string of the molecule is CC(C)(C)[S@@+]([O-])NC(CCc1ccccc1)B1OC(C)(C)C(C)(C)O1. The van der Waals surface area contributed by atoms with Crippen molar-refractivity contribution in [3.05, 3.63) is 35.9 Å². The maximum atomic E-state index is 12.7. The van der Waals surface area contributed by atoms with Crippen LogP contribution in [0.3, 0.4) is 0 Å². The number of rotatable bonds is 6. The lowest BCUT2D eigenvalue weighted by Crippen LogP contribution is -2.52. The highest BCUT2D eigenvalue weighted by molar-refractivity contribution is 7.90. The van der Waals surface area contributed by atoms with E-state index in [2.05, 4.69) is 16.9 Å². The molecular formula is C19H32BNO3S. The Labute approximate surface area is 156 Å². The molecule has 2 atom stereocenters. The third-order valence-electron chi connectivity index (χ3n) is 5.00. The van der Waals surface area contributed by atoms with E-state index in [0.29, 0.717) is 0 Å². The zero-order valence-electron chi connectivity index (χ0n) is 16.6. The first-order valence-electron chi connectivity index (χ1n) is 9.00. The predicted molar refractivity (Wildman–Crippen MR) is 106 cm³/mol. The van der Waals surface area contributed by atoms with Gasteiger partial charge in [-0.05, 0) is 66.9 Å². The quantitative estimate of drug-likeness (QED) is 0.617. The maximum Gasteiger partial charge on any atom is 0.480 e. The fourth-order valence-corrected chi connectivity index (χ4v) is 3.44. The van der Waals surface area contributed by atoms with E-state index in [0.717, 1.165) is 12.8 Å². The zero-order chi connectivity index (χ0) is 18.9. The molecule has 1 heterocycles. The number of nitrogens with one attached hydrogen (secondary N) is 1. The summed E-state index contributed by atoms with van der Waals surface area (Å²) in [6.45, 7) is 14.1. The Balaban J connectivity index is 2.12. The minimum Gasteiger partial charge on any atom is -0.598 e. The van der Waals surface area contributed by atoms with E-state index in [-0.39, 0.29) is 10.7 Å². The van der Waals surface area contributed by atoms with Crippen molar-refractivity contribution in [2.45, 2.75) is 83.2 Å². The van der Waals surface area contributed by atoms with Crippen LogP contribution in [0.1, 0.15) is 60.5 Å². The molecule has 2 rings (SSSR count). The summed E-state index contributed by atoms with van der Waals surface area (Å²) in [7, 11) is -0.417. The molecule has 0 bridgehead atoms. The summed E-state index contributed by atoms with van der Waals surface area (Å²) in [5, 5.41) is 0. The fraction of sp³-hybridized carbons (Fsp3) is 0.684. The van der Waals surface area contributed by atoms with Crippen molar-refractivity contribution in [2.75, 3.05) is 0 Å². The smallest absolute Gasteiger partial charge is 0.480 e. The van der Waals surface area contributed by atoms with Gasteiger partial charge in [0.05, 0.1) is 17.1 Å². The standard InChI is InChI=1S/C19H32BNO3S/c1-17(2,3)25(22)21-16(14-13-15-11-9-8-10-12-15)20-23-18(4,5)19(6,7)24-20/h8-12,16,21H,13-14H2,1-7H3/t16?,25-/m1/s1. The van der Waals surface area contributed by atoms with Crippen LogP contribution in [0.4, 0.5) is 0 Å². The van der Waals surface area contributed by atoms with E-state index in [9.17, 15) is 4.55 Å². The van der Waals surface area contributed by atoms with Gasteiger partial charge in [0.1, 0.15) is 4.75 Å². The van der Waals surface area contributed by atoms with Gasteiger partial charge in [-0.2, -0.15) is 0 Å². The van der Waals surface area contributed by atoms with E-state index in [1.54, 1.807) is 0 Å². The second-order valence-corrected chi connectivity index (χ2v) is 10.8. The number of hydrogen-bond acceptors (Lipinski definition) is 4. The molecular weight excluding hydrogens is 333 g/mol. The minimum absolute atomic E-state index is 0.138. The Morgan fingerprint density at radius 1 is 1.08 bits per heavy atom. The molecule has 0 amide bonds. The van der Waals surface area contributed by atoms with Crippen LogP contribution in [0.2, 0.25) is 0 Å². The monoisotopic (exact) mass is 365 g/mol. The van der Waals surface area contributed by atoms with Crippen molar-refractivity contribution in [2.24, 2.45) is 0 Å². The van der Waals surface area contributed by atoms with Crippen LogP contribution in [0.25, 0.3) is 0 Å². The zero-order valence-corrected chi connectivity index (χ0v) is 17.4. The second-order valence-electron chi connectivity index (χ2n) is 8.75. The van der Waals surface area contributed by atoms with Crippen molar-refractivity contribution in [1.29, 1.82) is 0 Å². The van der Waals surface area contributed by atoms with Gasteiger partial charge in [-0.25, -0.2) is 0 Å². The molecule has 4 nitrogen and oxygen atoms in total. The molecule has 1 N–H and O–H groups in total. The van der Waals surface area contributed by atoms with E-state index in [4.69, 9.17) is 9.31 Å². The molecule has 1 fully saturated rings. The van der Waals surface area contributed by atoms with E-state index >= 15 is 0 Å². The van der Waals surface area contributed by atoms with Crippen molar-refractivity contribution in [3.63, 3.8) is 0 Å². The third-order valence-corrected chi connectivity index (χ3v) is 6.63. The summed E-state index contributed by atoms with van der Waals surface area (Å²) in [6, 6.07) is 10.3. The van der Waals surface area contributed by atoms with Crippen LogP contribution in [0, 0.1) is 0 Å². The van der Waals surface area contributed by atoms with Crippen molar-refractivity contribution < 1.29 is 13.9 Å². The highest BCUT2D eigenvalue weighted by Gasteiger charge is 2.54. The molecule has 1 aromatic carbocycles. The molecule has 25 heavy (non-hydrogen) atoms. The van der Waals surface area contributed by atoms with Crippen LogP contribution in [0.5, 0.6) is 0 Å². The summed E-state index contributed by atoms with van der Waals surface area (Å²) in [5.41, 5.74) is 0.466. The van der Waals surface area contributed by atoms with Crippen LogP contribution >= 0.6 is 0 Å². The van der Waals surface area contributed by atoms with Gasteiger partial charge in [0.2, 0.25) is 0 Å². The number of aryl methyl sites for hydroxylation is 1. The van der Waals surface area contributed by atoms with Gasteiger partial charge in [-0.3, -0.25) is 0 Å². The Morgan fingerprint density at radius 2 is 1.60 bits per heavy atom. The summed E-state index contributed by atoms with van der Waals surface area (Å²) < 4.78 is 28.0. The van der Waals surface area contributed by atoms with Gasteiger partial charge in [-0.15, -0.1) is 4.72 Å². The molecule has 0 radical (unpaired) electrons. The van der Waals surface area contributed by atoms with Crippen molar-refractivity contribution in [3.8, 4) is 0 Å². The molecule has 1 aliphatic rings.